The van der Waals surface area contributed by atoms with Crippen LogP contribution in [0.25, 0.3) is 0 Å². The third-order valence-corrected chi connectivity index (χ3v) is 5.82. The minimum atomic E-state index is -0.221. The largest absolute Gasteiger partial charge is 0.487 e. The van der Waals surface area contributed by atoms with Gasteiger partial charge in [0.05, 0.1) is 12.7 Å². The summed E-state index contributed by atoms with van der Waals surface area (Å²) in [4.78, 5) is 2.53. The number of hydrogen-bond donors (Lipinski definition) is 1. The number of likely N-dealkylation sites (tertiary alicyclic amines) is 1. The lowest BCUT2D eigenvalue weighted by Crippen LogP contribution is -2.45. The Morgan fingerprint density at radius 1 is 1.29 bits per heavy atom. The van der Waals surface area contributed by atoms with Gasteiger partial charge in [0.2, 0.25) is 0 Å². The number of aliphatic hydroxyl groups is 1. The zero-order chi connectivity index (χ0) is 16.7. The average Bonchev–Trinajstić information content (AvgIpc) is 3.11. The summed E-state index contributed by atoms with van der Waals surface area (Å²) in [7, 11) is 0. The number of nitrogens with zero attached hydrogens (tertiary/aromatic N) is 1. The van der Waals surface area contributed by atoms with Crippen molar-refractivity contribution in [1.29, 1.82) is 0 Å². The molecule has 4 rings (SSSR count). The van der Waals surface area contributed by atoms with Crippen LogP contribution >= 0.6 is 0 Å². The number of ether oxygens (including phenoxy) is 2. The van der Waals surface area contributed by atoms with Gasteiger partial charge in [0, 0.05) is 37.1 Å². The highest BCUT2D eigenvalue weighted by Crippen LogP contribution is 2.39. The van der Waals surface area contributed by atoms with E-state index in [1.165, 1.54) is 17.5 Å². The van der Waals surface area contributed by atoms with Crippen molar-refractivity contribution >= 4 is 0 Å². The van der Waals surface area contributed by atoms with Crippen molar-refractivity contribution in [3.8, 4) is 5.75 Å². The Labute approximate surface area is 144 Å². The fourth-order valence-electron chi connectivity index (χ4n) is 4.67. The maximum atomic E-state index is 10.4. The molecule has 0 amide bonds. The molecule has 2 saturated heterocycles. The van der Waals surface area contributed by atoms with Gasteiger partial charge in [-0.15, -0.1) is 0 Å². The average molecular weight is 331 g/mol. The maximum Gasteiger partial charge on any atom is 0.127 e. The lowest BCUT2D eigenvalue weighted by atomic mass is 9.89. The molecule has 1 N–H and O–H groups in total. The molecule has 0 unspecified atom stereocenters. The maximum absolute atomic E-state index is 10.4. The Balaban J connectivity index is 1.52. The Morgan fingerprint density at radius 3 is 3.00 bits per heavy atom. The highest BCUT2D eigenvalue weighted by molar-refractivity contribution is 5.45. The van der Waals surface area contributed by atoms with Gasteiger partial charge in [-0.05, 0) is 45.2 Å². The smallest absolute Gasteiger partial charge is 0.127 e. The lowest BCUT2D eigenvalue weighted by molar-refractivity contribution is -0.0636. The molecule has 0 aromatic heterocycles. The Bertz CT molecular complexity index is 601. The van der Waals surface area contributed by atoms with Gasteiger partial charge in [0.15, 0.2) is 0 Å². The van der Waals surface area contributed by atoms with Crippen LogP contribution < -0.4 is 4.74 Å². The van der Waals surface area contributed by atoms with E-state index in [0.29, 0.717) is 19.3 Å². The second-order valence-electron chi connectivity index (χ2n) is 8.22. The van der Waals surface area contributed by atoms with Gasteiger partial charge in [-0.25, -0.2) is 0 Å². The predicted octanol–water partition coefficient (Wildman–Crippen LogP) is 2.76. The summed E-state index contributed by atoms with van der Waals surface area (Å²) in [5.74, 6) is 1.34. The van der Waals surface area contributed by atoms with Crippen LogP contribution in [0.1, 0.15) is 44.2 Å². The molecule has 0 aliphatic carbocycles. The van der Waals surface area contributed by atoms with E-state index in [0.717, 1.165) is 38.1 Å². The van der Waals surface area contributed by atoms with Gasteiger partial charge < -0.3 is 14.6 Å². The molecule has 3 heterocycles. The standard InChI is InChI=1S/C20H29NO3/c1-20(2)11-14-5-3-6-15(19(14)24-20)12-21-9-4-7-17(21)16-13-23-10-8-18(16)22/h3,5-6,16-18,22H,4,7-13H2,1-2H3/t16-,17-,18-/m1/s1. The predicted molar refractivity (Wildman–Crippen MR) is 93.2 cm³/mol. The molecule has 0 spiro atoms. The van der Waals surface area contributed by atoms with Crippen LogP contribution in [-0.2, 0) is 17.7 Å². The molecule has 0 radical (unpaired) electrons. The third kappa shape index (κ3) is 3.07. The fourth-order valence-corrected chi connectivity index (χ4v) is 4.67. The zero-order valence-corrected chi connectivity index (χ0v) is 14.8. The number of hydrogen-bond acceptors (Lipinski definition) is 4. The number of para-hydroxylation sites is 1. The van der Waals surface area contributed by atoms with E-state index in [4.69, 9.17) is 9.47 Å². The highest BCUT2D eigenvalue weighted by Gasteiger charge is 2.38. The van der Waals surface area contributed by atoms with Gasteiger partial charge in [-0.3, -0.25) is 4.90 Å². The molecule has 1 aromatic carbocycles. The summed E-state index contributed by atoms with van der Waals surface area (Å²) in [6.07, 6.45) is 3.89. The molecular formula is C20H29NO3. The van der Waals surface area contributed by atoms with Crippen molar-refractivity contribution < 1.29 is 14.6 Å². The Hall–Kier alpha value is -1.10. The molecule has 0 saturated carbocycles. The third-order valence-electron chi connectivity index (χ3n) is 5.82. The van der Waals surface area contributed by atoms with E-state index in [2.05, 4.69) is 36.9 Å². The zero-order valence-electron chi connectivity index (χ0n) is 14.8. The highest BCUT2D eigenvalue weighted by atomic mass is 16.5. The number of aliphatic hydroxyl groups excluding tert-OH is 1. The summed E-state index contributed by atoms with van der Waals surface area (Å²) >= 11 is 0. The molecule has 3 aliphatic heterocycles. The van der Waals surface area contributed by atoms with Crippen molar-refractivity contribution in [3.63, 3.8) is 0 Å². The topological polar surface area (TPSA) is 41.9 Å². The summed E-state index contributed by atoms with van der Waals surface area (Å²) in [6, 6.07) is 6.96. The molecule has 3 atom stereocenters. The van der Waals surface area contributed by atoms with Crippen molar-refractivity contribution in [3.05, 3.63) is 29.3 Å². The molecule has 4 nitrogen and oxygen atoms in total. The summed E-state index contributed by atoms with van der Waals surface area (Å²) in [5, 5.41) is 10.4. The summed E-state index contributed by atoms with van der Waals surface area (Å²) in [6.45, 7) is 7.71. The minimum Gasteiger partial charge on any atom is -0.487 e. The lowest BCUT2D eigenvalue weighted by Gasteiger charge is -2.37. The molecule has 24 heavy (non-hydrogen) atoms. The van der Waals surface area contributed by atoms with Gasteiger partial charge >= 0.3 is 0 Å². The SMILES string of the molecule is CC1(C)Cc2cccc(CN3CCC[C@@H]3[C@H]3COCC[C@H]3O)c2O1. The fraction of sp³-hybridized carbons (Fsp3) is 0.700. The molecular weight excluding hydrogens is 302 g/mol. The first kappa shape index (κ1) is 16.4. The second-order valence-corrected chi connectivity index (χ2v) is 8.22. The first-order chi connectivity index (χ1) is 11.5. The molecule has 0 bridgehead atoms. The van der Waals surface area contributed by atoms with Crippen molar-refractivity contribution in [2.75, 3.05) is 19.8 Å². The van der Waals surface area contributed by atoms with Gasteiger partial charge in [0.1, 0.15) is 11.4 Å². The molecule has 1 aromatic rings. The van der Waals surface area contributed by atoms with E-state index in [1.807, 2.05) is 0 Å². The monoisotopic (exact) mass is 331 g/mol. The normalized spacial score (nSPS) is 32.5. The van der Waals surface area contributed by atoms with Crippen LogP contribution in [0.4, 0.5) is 0 Å². The van der Waals surface area contributed by atoms with E-state index in [9.17, 15) is 5.11 Å². The first-order valence-corrected chi connectivity index (χ1v) is 9.33. The number of fused-ring (bicyclic) bond motifs is 1. The van der Waals surface area contributed by atoms with Crippen LogP contribution in [-0.4, -0.2) is 47.5 Å². The van der Waals surface area contributed by atoms with E-state index in [1.54, 1.807) is 0 Å². The van der Waals surface area contributed by atoms with Crippen LogP contribution in [0, 0.1) is 5.92 Å². The second kappa shape index (κ2) is 6.32. The quantitative estimate of drug-likeness (QED) is 0.925. The Kier molecular flexibility index (Phi) is 4.31. The summed E-state index contributed by atoms with van der Waals surface area (Å²) < 4.78 is 11.9. The molecule has 4 heteroatoms. The summed E-state index contributed by atoms with van der Waals surface area (Å²) in [5.41, 5.74) is 2.52. The van der Waals surface area contributed by atoms with E-state index in [-0.39, 0.29) is 17.6 Å². The van der Waals surface area contributed by atoms with Crippen molar-refractivity contribution in [1.82, 2.24) is 4.90 Å². The van der Waals surface area contributed by atoms with Gasteiger partial charge in [-0.2, -0.15) is 0 Å². The molecule has 2 fully saturated rings. The first-order valence-electron chi connectivity index (χ1n) is 9.33. The minimum absolute atomic E-state index is 0.101. The van der Waals surface area contributed by atoms with E-state index < -0.39 is 0 Å². The van der Waals surface area contributed by atoms with Crippen molar-refractivity contribution in [2.24, 2.45) is 5.92 Å². The molecule has 3 aliphatic rings. The Morgan fingerprint density at radius 2 is 2.17 bits per heavy atom. The molecule has 132 valence electrons. The van der Waals surface area contributed by atoms with Gasteiger partial charge in [-0.1, -0.05) is 18.2 Å². The van der Waals surface area contributed by atoms with Crippen LogP contribution in [0.2, 0.25) is 0 Å². The number of rotatable bonds is 3. The van der Waals surface area contributed by atoms with Crippen LogP contribution in [0.15, 0.2) is 18.2 Å². The van der Waals surface area contributed by atoms with Crippen LogP contribution in [0.5, 0.6) is 5.75 Å². The number of benzene rings is 1. The van der Waals surface area contributed by atoms with Gasteiger partial charge in [0.25, 0.3) is 0 Å². The van der Waals surface area contributed by atoms with E-state index >= 15 is 0 Å². The van der Waals surface area contributed by atoms with Crippen molar-refractivity contribution in [2.45, 2.75) is 63.8 Å². The van der Waals surface area contributed by atoms with Crippen LogP contribution in [0.3, 0.4) is 0 Å².